The number of urea groups is 1. The van der Waals surface area contributed by atoms with Gasteiger partial charge < -0.3 is 10.6 Å². The lowest BCUT2D eigenvalue weighted by Crippen LogP contribution is -2.27. The third-order valence-corrected chi connectivity index (χ3v) is 3.35. The van der Waals surface area contributed by atoms with Crippen LogP contribution in [-0.2, 0) is 12.7 Å². The van der Waals surface area contributed by atoms with Crippen LogP contribution < -0.4 is 10.6 Å². The Morgan fingerprint density at radius 1 is 1.15 bits per heavy atom. The van der Waals surface area contributed by atoms with Gasteiger partial charge in [0.25, 0.3) is 0 Å². The van der Waals surface area contributed by atoms with Crippen LogP contribution in [0.3, 0.4) is 0 Å². The predicted octanol–water partition coefficient (Wildman–Crippen LogP) is 4.09. The maximum absolute atomic E-state index is 12.4. The lowest BCUT2D eigenvalue weighted by Gasteiger charge is -2.09. The van der Waals surface area contributed by atoms with Crippen molar-refractivity contribution in [1.82, 2.24) is 5.32 Å². The first-order chi connectivity index (χ1) is 9.45. The first-order valence-electron chi connectivity index (χ1n) is 5.69. The molecule has 2 rings (SSSR count). The Hall–Kier alpha value is -2.02. The molecular formula is C13H11F3N2OS. The van der Waals surface area contributed by atoms with E-state index < -0.39 is 17.8 Å². The minimum Gasteiger partial charge on any atom is -0.333 e. The molecule has 0 saturated heterocycles. The lowest BCUT2D eigenvalue weighted by atomic mass is 10.2. The quantitative estimate of drug-likeness (QED) is 0.880. The van der Waals surface area contributed by atoms with Crippen LogP contribution in [0.1, 0.15) is 10.4 Å². The normalized spacial score (nSPS) is 11.2. The Kier molecular flexibility index (Phi) is 4.29. The van der Waals surface area contributed by atoms with Crippen molar-refractivity contribution in [2.24, 2.45) is 0 Å². The third-order valence-electron chi connectivity index (χ3n) is 2.47. The van der Waals surface area contributed by atoms with E-state index in [1.54, 1.807) is 0 Å². The molecule has 0 aliphatic rings. The molecule has 0 saturated carbocycles. The fraction of sp³-hybridized carbons (Fsp3) is 0.154. The Bertz CT molecular complexity index is 564. The number of amides is 2. The number of alkyl halides is 3. The van der Waals surface area contributed by atoms with Gasteiger partial charge in [0.15, 0.2) is 0 Å². The van der Waals surface area contributed by atoms with Gasteiger partial charge in [-0.2, -0.15) is 13.2 Å². The van der Waals surface area contributed by atoms with Gasteiger partial charge in [-0.3, -0.25) is 0 Å². The molecule has 0 aliphatic heterocycles. The van der Waals surface area contributed by atoms with Crippen LogP contribution in [0.4, 0.5) is 23.7 Å². The molecule has 0 atom stereocenters. The Morgan fingerprint density at radius 3 is 2.40 bits per heavy atom. The minimum atomic E-state index is -4.38. The van der Waals surface area contributed by atoms with Crippen molar-refractivity contribution in [1.29, 1.82) is 0 Å². The number of rotatable bonds is 3. The van der Waals surface area contributed by atoms with Crippen molar-refractivity contribution in [2.45, 2.75) is 12.7 Å². The van der Waals surface area contributed by atoms with Crippen LogP contribution in [0, 0.1) is 0 Å². The Labute approximate surface area is 117 Å². The summed E-state index contributed by atoms with van der Waals surface area (Å²) in [6.07, 6.45) is -4.38. The summed E-state index contributed by atoms with van der Waals surface area (Å²) >= 11 is 1.51. The van der Waals surface area contributed by atoms with Crippen molar-refractivity contribution >= 4 is 23.1 Å². The van der Waals surface area contributed by atoms with Gasteiger partial charge in [0.2, 0.25) is 0 Å². The summed E-state index contributed by atoms with van der Waals surface area (Å²) in [7, 11) is 0. The van der Waals surface area contributed by atoms with Gasteiger partial charge in [0.05, 0.1) is 12.1 Å². The molecule has 0 unspecified atom stereocenters. The van der Waals surface area contributed by atoms with Crippen molar-refractivity contribution in [3.05, 3.63) is 52.2 Å². The van der Waals surface area contributed by atoms with Crippen molar-refractivity contribution in [2.75, 3.05) is 5.32 Å². The van der Waals surface area contributed by atoms with E-state index in [0.29, 0.717) is 12.2 Å². The van der Waals surface area contributed by atoms with E-state index in [1.807, 2.05) is 17.5 Å². The standard InChI is InChI=1S/C13H11F3N2OS/c14-13(15,16)9-3-5-10(6-4-9)18-12(19)17-8-11-2-1-7-20-11/h1-7H,8H2,(H2,17,18,19). The third kappa shape index (κ3) is 3.99. The number of carbonyl (C=O) groups excluding carboxylic acids is 1. The molecule has 2 aromatic rings. The second-order valence-electron chi connectivity index (χ2n) is 3.96. The second kappa shape index (κ2) is 5.96. The molecule has 20 heavy (non-hydrogen) atoms. The summed E-state index contributed by atoms with van der Waals surface area (Å²) < 4.78 is 37.1. The molecule has 1 aromatic heterocycles. The molecule has 106 valence electrons. The highest BCUT2D eigenvalue weighted by atomic mass is 32.1. The number of hydrogen-bond donors (Lipinski definition) is 2. The van der Waals surface area contributed by atoms with Crippen LogP contribution in [0.25, 0.3) is 0 Å². The van der Waals surface area contributed by atoms with E-state index in [0.717, 1.165) is 17.0 Å². The van der Waals surface area contributed by atoms with E-state index in [1.165, 1.54) is 23.5 Å². The number of benzene rings is 1. The Morgan fingerprint density at radius 2 is 1.85 bits per heavy atom. The maximum atomic E-state index is 12.4. The largest absolute Gasteiger partial charge is 0.416 e. The van der Waals surface area contributed by atoms with E-state index in [4.69, 9.17) is 0 Å². The maximum Gasteiger partial charge on any atom is 0.416 e. The molecule has 1 aromatic carbocycles. The average Bonchev–Trinajstić information content (AvgIpc) is 2.89. The summed E-state index contributed by atoms with van der Waals surface area (Å²) in [6.45, 7) is 0.379. The highest BCUT2D eigenvalue weighted by Crippen LogP contribution is 2.29. The molecule has 7 heteroatoms. The van der Waals surface area contributed by atoms with E-state index in [2.05, 4.69) is 10.6 Å². The highest BCUT2D eigenvalue weighted by molar-refractivity contribution is 7.09. The van der Waals surface area contributed by atoms with Gasteiger partial charge in [-0.25, -0.2) is 4.79 Å². The number of halogens is 3. The number of thiophene rings is 1. The van der Waals surface area contributed by atoms with Gasteiger partial charge in [0, 0.05) is 10.6 Å². The van der Waals surface area contributed by atoms with Crippen LogP contribution in [0.2, 0.25) is 0 Å². The number of carbonyl (C=O) groups is 1. The van der Waals surface area contributed by atoms with E-state index in [-0.39, 0.29) is 0 Å². The van der Waals surface area contributed by atoms with Crippen molar-refractivity contribution in [3.63, 3.8) is 0 Å². The fourth-order valence-corrected chi connectivity index (χ4v) is 2.14. The van der Waals surface area contributed by atoms with Crippen LogP contribution in [0.15, 0.2) is 41.8 Å². The first kappa shape index (κ1) is 14.4. The van der Waals surface area contributed by atoms with E-state index in [9.17, 15) is 18.0 Å². The molecule has 0 fully saturated rings. The van der Waals surface area contributed by atoms with Crippen molar-refractivity contribution < 1.29 is 18.0 Å². The summed E-state index contributed by atoms with van der Waals surface area (Å²) in [5.41, 5.74) is -0.441. The summed E-state index contributed by atoms with van der Waals surface area (Å²) in [5, 5.41) is 6.98. The molecular weight excluding hydrogens is 289 g/mol. The van der Waals surface area contributed by atoms with Gasteiger partial charge in [-0.15, -0.1) is 11.3 Å². The molecule has 0 spiro atoms. The molecule has 2 amide bonds. The smallest absolute Gasteiger partial charge is 0.333 e. The van der Waals surface area contributed by atoms with Gasteiger partial charge in [-0.05, 0) is 35.7 Å². The lowest BCUT2D eigenvalue weighted by molar-refractivity contribution is -0.137. The molecule has 3 nitrogen and oxygen atoms in total. The predicted molar refractivity (Wildman–Crippen MR) is 71.6 cm³/mol. The van der Waals surface area contributed by atoms with Gasteiger partial charge in [0.1, 0.15) is 0 Å². The minimum absolute atomic E-state index is 0.307. The average molecular weight is 300 g/mol. The summed E-state index contributed by atoms with van der Waals surface area (Å²) in [4.78, 5) is 12.5. The van der Waals surface area contributed by atoms with E-state index >= 15 is 0 Å². The van der Waals surface area contributed by atoms with Crippen molar-refractivity contribution in [3.8, 4) is 0 Å². The topological polar surface area (TPSA) is 41.1 Å². The zero-order valence-electron chi connectivity index (χ0n) is 10.2. The SMILES string of the molecule is O=C(NCc1cccs1)Nc1ccc(C(F)(F)F)cc1. The van der Waals surface area contributed by atoms with Crippen LogP contribution in [0.5, 0.6) is 0 Å². The number of anilines is 1. The van der Waals surface area contributed by atoms with Gasteiger partial charge in [-0.1, -0.05) is 6.07 Å². The van der Waals surface area contributed by atoms with Crippen LogP contribution in [-0.4, -0.2) is 6.03 Å². The highest BCUT2D eigenvalue weighted by Gasteiger charge is 2.29. The molecule has 0 aliphatic carbocycles. The molecule has 2 N–H and O–H groups in total. The molecule has 1 heterocycles. The zero-order valence-corrected chi connectivity index (χ0v) is 11.0. The molecule has 0 radical (unpaired) electrons. The number of nitrogens with one attached hydrogen (secondary N) is 2. The fourth-order valence-electron chi connectivity index (χ4n) is 1.50. The van der Waals surface area contributed by atoms with Crippen LogP contribution >= 0.6 is 11.3 Å². The monoisotopic (exact) mass is 300 g/mol. The second-order valence-corrected chi connectivity index (χ2v) is 4.99. The summed E-state index contributed by atoms with van der Waals surface area (Å²) in [6, 6.07) is 7.57. The summed E-state index contributed by atoms with van der Waals surface area (Å²) in [5.74, 6) is 0. The number of hydrogen-bond acceptors (Lipinski definition) is 2. The Balaban J connectivity index is 1.88. The van der Waals surface area contributed by atoms with Gasteiger partial charge >= 0.3 is 12.2 Å². The molecule has 0 bridgehead atoms. The zero-order chi connectivity index (χ0) is 14.6. The first-order valence-corrected chi connectivity index (χ1v) is 6.57.